The summed E-state index contributed by atoms with van der Waals surface area (Å²) in [5.41, 5.74) is 6.69. The Labute approximate surface area is 153 Å². The van der Waals surface area contributed by atoms with E-state index in [0.29, 0.717) is 6.42 Å². The Morgan fingerprint density at radius 3 is 2.58 bits per heavy atom. The number of nitrogens with zero attached hydrogens (tertiary/aromatic N) is 5. The molecule has 134 valence electrons. The molecule has 0 aliphatic rings. The van der Waals surface area contributed by atoms with Crippen LogP contribution < -0.4 is 11.1 Å². The van der Waals surface area contributed by atoms with E-state index in [1.165, 1.54) is 12.4 Å². The molecule has 1 unspecified atom stereocenters. The molecular weight excluding hydrogens is 358 g/mol. The molecule has 0 saturated heterocycles. The maximum atomic E-state index is 12.5. The van der Waals surface area contributed by atoms with Gasteiger partial charge in [0.05, 0.1) is 25.0 Å². The summed E-state index contributed by atoms with van der Waals surface area (Å²) in [5, 5.41) is 20.0. The van der Waals surface area contributed by atoms with Crippen molar-refractivity contribution in [3.8, 4) is 5.82 Å². The minimum absolute atomic E-state index is 0.0656. The van der Waals surface area contributed by atoms with Crippen LogP contribution in [0.1, 0.15) is 16.1 Å². The number of hydrogen-bond acceptors (Lipinski definition) is 7. The van der Waals surface area contributed by atoms with Crippen LogP contribution in [0.3, 0.4) is 0 Å². The number of halogens is 1. The van der Waals surface area contributed by atoms with Gasteiger partial charge in [-0.3, -0.25) is 4.79 Å². The zero-order chi connectivity index (χ0) is 18.5. The van der Waals surface area contributed by atoms with Gasteiger partial charge in [0.2, 0.25) is 5.82 Å². The van der Waals surface area contributed by atoms with Crippen molar-refractivity contribution in [1.82, 2.24) is 30.3 Å². The van der Waals surface area contributed by atoms with E-state index in [1.807, 2.05) is 30.3 Å². The van der Waals surface area contributed by atoms with Crippen molar-refractivity contribution in [1.29, 1.82) is 0 Å². The molecule has 0 aliphatic carbocycles. The van der Waals surface area contributed by atoms with Crippen molar-refractivity contribution < 1.29 is 9.90 Å². The Morgan fingerprint density at radius 2 is 1.92 bits per heavy atom. The van der Waals surface area contributed by atoms with Gasteiger partial charge in [-0.05, 0) is 12.0 Å². The lowest BCUT2D eigenvalue weighted by molar-refractivity contribution is 0.0912. The number of amides is 1. The quantitative estimate of drug-likeness (QED) is 0.577. The summed E-state index contributed by atoms with van der Waals surface area (Å²) < 4.78 is 0. The third-order valence-corrected chi connectivity index (χ3v) is 3.82. The molecule has 2 aromatic heterocycles. The fourth-order valence-electron chi connectivity index (χ4n) is 2.35. The number of anilines is 1. The number of benzene rings is 1. The van der Waals surface area contributed by atoms with Gasteiger partial charge in [-0.2, -0.15) is 10.2 Å². The van der Waals surface area contributed by atoms with E-state index in [2.05, 4.69) is 25.5 Å². The maximum Gasteiger partial charge on any atom is 0.274 e. The zero-order valence-electron chi connectivity index (χ0n) is 13.6. The molecule has 1 aromatic carbocycles. The SMILES string of the molecule is Nc1nc(-n2nccn2)c(Cl)nc1C(=O)NC(CO)Cc1ccccc1. The number of nitrogen functional groups attached to an aromatic ring is 1. The van der Waals surface area contributed by atoms with Crippen molar-refractivity contribution >= 4 is 23.3 Å². The fourth-order valence-corrected chi connectivity index (χ4v) is 2.55. The molecule has 0 spiro atoms. The smallest absolute Gasteiger partial charge is 0.274 e. The summed E-state index contributed by atoms with van der Waals surface area (Å²) in [5.74, 6) is -0.573. The molecule has 0 saturated carbocycles. The standard InChI is InChI=1S/C16H16ClN7O2/c17-13-15(24-19-6-7-20-24)23-14(18)12(22-13)16(26)21-11(9-25)8-10-4-2-1-3-5-10/h1-7,11,25H,8-9H2,(H2,18,23)(H,21,26). The average Bonchev–Trinajstić information content (AvgIpc) is 3.18. The first-order valence-corrected chi connectivity index (χ1v) is 8.11. The van der Waals surface area contributed by atoms with Crippen LogP contribution in [-0.4, -0.2) is 48.6 Å². The number of hydrogen-bond donors (Lipinski definition) is 3. The third-order valence-electron chi connectivity index (χ3n) is 3.57. The second kappa shape index (κ2) is 7.89. The molecular formula is C16H16ClN7O2. The first-order valence-electron chi connectivity index (χ1n) is 7.74. The van der Waals surface area contributed by atoms with Gasteiger partial charge in [0.15, 0.2) is 16.7 Å². The lowest BCUT2D eigenvalue weighted by Crippen LogP contribution is -2.40. The molecule has 26 heavy (non-hydrogen) atoms. The molecule has 1 amide bonds. The first kappa shape index (κ1) is 17.8. The molecule has 0 aliphatic heterocycles. The second-order valence-corrected chi connectivity index (χ2v) is 5.79. The Balaban J connectivity index is 1.77. The number of carbonyl (C=O) groups excluding carboxylic acids is 1. The predicted octanol–water partition coefficient (Wildman–Crippen LogP) is 0.626. The van der Waals surface area contributed by atoms with Crippen LogP contribution in [0.25, 0.3) is 5.82 Å². The van der Waals surface area contributed by atoms with Crippen molar-refractivity contribution in [2.24, 2.45) is 0 Å². The second-order valence-electron chi connectivity index (χ2n) is 5.43. The van der Waals surface area contributed by atoms with Gasteiger partial charge < -0.3 is 16.2 Å². The normalized spacial score (nSPS) is 11.9. The minimum Gasteiger partial charge on any atom is -0.394 e. The van der Waals surface area contributed by atoms with E-state index in [9.17, 15) is 9.90 Å². The highest BCUT2D eigenvalue weighted by atomic mass is 35.5. The van der Waals surface area contributed by atoms with E-state index >= 15 is 0 Å². The molecule has 0 radical (unpaired) electrons. The first-order chi connectivity index (χ1) is 12.6. The highest BCUT2D eigenvalue weighted by Gasteiger charge is 2.21. The molecule has 0 bridgehead atoms. The van der Waals surface area contributed by atoms with Crippen molar-refractivity contribution in [2.75, 3.05) is 12.3 Å². The monoisotopic (exact) mass is 373 g/mol. The molecule has 3 rings (SSSR count). The number of aromatic nitrogens is 5. The number of aliphatic hydroxyl groups is 1. The van der Waals surface area contributed by atoms with Gasteiger partial charge in [-0.25, -0.2) is 9.97 Å². The maximum absolute atomic E-state index is 12.5. The molecule has 1 atom stereocenters. The van der Waals surface area contributed by atoms with Crippen molar-refractivity contribution in [3.63, 3.8) is 0 Å². The Hall–Kier alpha value is -3.04. The predicted molar refractivity (Wildman–Crippen MR) is 94.9 cm³/mol. The van der Waals surface area contributed by atoms with Gasteiger partial charge in [-0.15, -0.1) is 4.80 Å². The number of nitrogens with two attached hydrogens (primary N) is 1. The van der Waals surface area contributed by atoms with Gasteiger partial charge in [0, 0.05) is 0 Å². The third kappa shape index (κ3) is 3.95. The highest BCUT2D eigenvalue weighted by Crippen LogP contribution is 2.18. The van der Waals surface area contributed by atoms with E-state index in [4.69, 9.17) is 17.3 Å². The molecule has 9 nitrogen and oxygen atoms in total. The molecule has 10 heteroatoms. The van der Waals surface area contributed by atoms with E-state index < -0.39 is 11.9 Å². The van der Waals surface area contributed by atoms with Crippen LogP contribution in [0.5, 0.6) is 0 Å². The lowest BCUT2D eigenvalue weighted by Gasteiger charge is -2.17. The minimum atomic E-state index is -0.577. The van der Waals surface area contributed by atoms with Gasteiger partial charge in [-0.1, -0.05) is 41.9 Å². The topological polar surface area (TPSA) is 132 Å². The van der Waals surface area contributed by atoms with Crippen LogP contribution in [0, 0.1) is 0 Å². The Bertz CT molecular complexity index is 887. The van der Waals surface area contributed by atoms with Crippen LogP contribution in [0.4, 0.5) is 5.82 Å². The highest BCUT2D eigenvalue weighted by molar-refractivity contribution is 6.31. The zero-order valence-corrected chi connectivity index (χ0v) is 14.3. The lowest BCUT2D eigenvalue weighted by atomic mass is 10.1. The summed E-state index contributed by atoms with van der Waals surface area (Å²) >= 11 is 6.08. The van der Waals surface area contributed by atoms with E-state index in [0.717, 1.165) is 10.4 Å². The van der Waals surface area contributed by atoms with Crippen LogP contribution in [0.2, 0.25) is 5.15 Å². The van der Waals surface area contributed by atoms with E-state index in [1.54, 1.807) is 0 Å². The number of aliphatic hydroxyl groups excluding tert-OH is 1. The Morgan fingerprint density at radius 1 is 1.23 bits per heavy atom. The van der Waals surface area contributed by atoms with Crippen molar-refractivity contribution in [2.45, 2.75) is 12.5 Å². The van der Waals surface area contributed by atoms with Gasteiger partial charge in [0.25, 0.3) is 5.91 Å². The fraction of sp³-hybridized carbons (Fsp3) is 0.188. The Kier molecular flexibility index (Phi) is 5.40. The van der Waals surface area contributed by atoms with Gasteiger partial charge in [0.1, 0.15) is 0 Å². The van der Waals surface area contributed by atoms with Crippen LogP contribution in [0.15, 0.2) is 42.7 Å². The summed E-state index contributed by atoms with van der Waals surface area (Å²) in [7, 11) is 0. The number of rotatable bonds is 6. The van der Waals surface area contributed by atoms with Crippen molar-refractivity contribution in [3.05, 3.63) is 59.1 Å². The molecule has 2 heterocycles. The summed E-state index contributed by atoms with van der Waals surface area (Å²) in [6.45, 7) is -0.239. The van der Waals surface area contributed by atoms with E-state index in [-0.39, 0.29) is 29.1 Å². The molecule has 4 N–H and O–H groups in total. The number of carbonyl (C=O) groups is 1. The summed E-state index contributed by atoms with van der Waals surface area (Å²) in [4.78, 5) is 21.7. The number of nitrogens with one attached hydrogen (secondary N) is 1. The largest absolute Gasteiger partial charge is 0.394 e. The van der Waals surface area contributed by atoms with Crippen LogP contribution in [-0.2, 0) is 6.42 Å². The summed E-state index contributed by atoms with van der Waals surface area (Å²) in [6.07, 6.45) is 3.36. The molecule has 3 aromatic rings. The van der Waals surface area contributed by atoms with Crippen LogP contribution >= 0.6 is 11.6 Å². The average molecular weight is 374 g/mol. The van der Waals surface area contributed by atoms with Gasteiger partial charge >= 0.3 is 0 Å². The molecule has 0 fully saturated rings. The summed E-state index contributed by atoms with van der Waals surface area (Å²) in [6, 6.07) is 8.98.